The van der Waals surface area contributed by atoms with Crippen LogP contribution in [0.1, 0.15) is 48.8 Å². The van der Waals surface area contributed by atoms with Crippen molar-refractivity contribution in [2.24, 2.45) is 0 Å². The van der Waals surface area contributed by atoms with Crippen molar-refractivity contribution in [3.63, 3.8) is 0 Å². The van der Waals surface area contributed by atoms with E-state index in [0.29, 0.717) is 28.1 Å². The fourth-order valence-electron chi connectivity index (χ4n) is 4.52. The molecule has 2 aromatic carbocycles. The molecule has 41 heavy (non-hydrogen) atoms. The number of alkyl halides is 2. The Kier molecular flexibility index (Phi) is 7.98. The fourth-order valence-corrected chi connectivity index (χ4v) is 4.52. The van der Waals surface area contributed by atoms with Gasteiger partial charge < -0.3 is 14.8 Å². The molecule has 3 heterocycles. The molecule has 11 heteroatoms. The average molecular weight is 567 g/mol. The summed E-state index contributed by atoms with van der Waals surface area (Å²) in [4.78, 5) is 25.2. The molecule has 1 N–H and O–H groups in total. The number of carbonyl (C=O) groups excluding carboxylic acids is 1. The minimum absolute atomic E-state index is 0.000698. The lowest BCUT2D eigenvalue weighted by Gasteiger charge is -2.30. The number of benzene rings is 2. The summed E-state index contributed by atoms with van der Waals surface area (Å²) in [6, 6.07) is 11.4. The van der Waals surface area contributed by atoms with Crippen molar-refractivity contribution in [1.29, 1.82) is 0 Å². The Morgan fingerprint density at radius 1 is 1.02 bits per heavy atom. The van der Waals surface area contributed by atoms with Crippen molar-refractivity contribution < 1.29 is 31.8 Å². The van der Waals surface area contributed by atoms with Crippen molar-refractivity contribution in [3.05, 3.63) is 90.0 Å². The molecule has 212 valence electrons. The van der Waals surface area contributed by atoms with Gasteiger partial charge in [-0.1, -0.05) is 12.1 Å². The maximum absolute atomic E-state index is 14.9. The third kappa shape index (κ3) is 6.51. The second-order valence-electron chi connectivity index (χ2n) is 9.89. The summed E-state index contributed by atoms with van der Waals surface area (Å²) >= 11 is 0. The minimum Gasteiger partial charge on any atom is -0.461 e. The smallest absolute Gasteiger partial charge is 0.316 e. The molecule has 0 bridgehead atoms. The van der Waals surface area contributed by atoms with Crippen LogP contribution in [-0.4, -0.2) is 39.5 Å². The van der Waals surface area contributed by atoms with Crippen molar-refractivity contribution >= 4 is 11.6 Å². The first kappa shape index (κ1) is 28.2. The van der Waals surface area contributed by atoms with Crippen molar-refractivity contribution in [2.45, 2.75) is 44.8 Å². The standard InChI is InChI=1S/C30H26F4N4O3/c1-17(2)41-29-36-14-19(15-37-29)28(39)38-21-6-3-18(4-7-21)26-22(23-13-20(31)5-8-24(23)32)10-12-35-27(26)25-9-11-30(33,34)16-40-25/h3-8,10,12-15,17,25H,9,11,16H2,1-2H3,(H,38,39). The van der Waals surface area contributed by atoms with Crippen LogP contribution in [0.2, 0.25) is 0 Å². The first-order valence-corrected chi connectivity index (χ1v) is 12.9. The molecule has 1 fully saturated rings. The molecular formula is C30H26F4N4O3. The Hall–Kier alpha value is -4.38. The van der Waals surface area contributed by atoms with Crippen LogP contribution in [0.4, 0.5) is 23.2 Å². The number of hydrogen-bond donors (Lipinski definition) is 1. The number of aromatic nitrogens is 3. The number of carbonyl (C=O) groups is 1. The van der Waals surface area contributed by atoms with Crippen LogP contribution in [0.15, 0.2) is 67.1 Å². The minimum atomic E-state index is -2.95. The highest BCUT2D eigenvalue weighted by molar-refractivity contribution is 6.04. The second kappa shape index (κ2) is 11.6. The van der Waals surface area contributed by atoms with E-state index in [2.05, 4.69) is 20.3 Å². The van der Waals surface area contributed by atoms with Gasteiger partial charge in [-0.2, -0.15) is 0 Å². The molecule has 0 radical (unpaired) electrons. The van der Waals surface area contributed by atoms with Crippen LogP contribution < -0.4 is 10.1 Å². The van der Waals surface area contributed by atoms with E-state index < -0.39 is 42.6 Å². The molecule has 7 nitrogen and oxygen atoms in total. The van der Waals surface area contributed by atoms with Gasteiger partial charge in [-0.25, -0.2) is 27.5 Å². The molecule has 2 aromatic heterocycles. The summed E-state index contributed by atoms with van der Waals surface area (Å²) in [5.41, 5.74) is 2.27. The summed E-state index contributed by atoms with van der Waals surface area (Å²) in [6.07, 6.45) is 2.84. The Morgan fingerprint density at radius 2 is 1.76 bits per heavy atom. The van der Waals surface area contributed by atoms with Gasteiger partial charge in [0.15, 0.2) is 0 Å². The molecule has 1 amide bonds. The molecule has 0 saturated carbocycles. The van der Waals surface area contributed by atoms with E-state index >= 15 is 0 Å². The van der Waals surface area contributed by atoms with Crippen molar-refractivity contribution in [1.82, 2.24) is 15.0 Å². The number of pyridine rings is 1. The Labute approximate surface area is 233 Å². The zero-order valence-corrected chi connectivity index (χ0v) is 22.2. The molecule has 1 aliphatic heterocycles. The highest BCUT2D eigenvalue weighted by Crippen LogP contribution is 2.43. The van der Waals surface area contributed by atoms with Gasteiger partial charge >= 0.3 is 6.01 Å². The Balaban J connectivity index is 1.47. The van der Waals surface area contributed by atoms with Crippen molar-refractivity contribution in [3.8, 4) is 28.3 Å². The lowest BCUT2D eigenvalue weighted by Crippen LogP contribution is -2.31. The van der Waals surface area contributed by atoms with E-state index in [1.807, 2.05) is 13.8 Å². The molecule has 4 aromatic rings. The van der Waals surface area contributed by atoms with Gasteiger partial charge in [-0.15, -0.1) is 0 Å². The summed E-state index contributed by atoms with van der Waals surface area (Å²) < 4.78 is 67.6. The molecule has 5 rings (SSSR count). The Bertz CT molecular complexity index is 1540. The fraction of sp³-hybridized carbons (Fsp3) is 0.267. The molecule has 1 atom stereocenters. The zero-order chi connectivity index (χ0) is 29.1. The van der Waals surface area contributed by atoms with Crippen LogP contribution in [0.5, 0.6) is 6.01 Å². The quantitative estimate of drug-likeness (QED) is 0.242. The van der Waals surface area contributed by atoms with Crippen LogP contribution >= 0.6 is 0 Å². The van der Waals surface area contributed by atoms with Crippen molar-refractivity contribution in [2.75, 3.05) is 11.9 Å². The molecule has 0 aliphatic carbocycles. The lowest BCUT2D eigenvalue weighted by molar-refractivity contribution is -0.146. The number of nitrogens with zero attached hydrogens (tertiary/aromatic N) is 3. The highest BCUT2D eigenvalue weighted by atomic mass is 19.3. The normalized spacial score (nSPS) is 16.4. The molecule has 0 spiro atoms. The van der Waals surface area contributed by atoms with Gasteiger partial charge in [-0.3, -0.25) is 9.78 Å². The average Bonchev–Trinajstić information content (AvgIpc) is 2.94. The van der Waals surface area contributed by atoms with Crippen LogP contribution in [0.3, 0.4) is 0 Å². The van der Waals surface area contributed by atoms with Gasteiger partial charge in [0.2, 0.25) is 0 Å². The zero-order valence-electron chi connectivity index (χ0n) is 22.2. The second-order valence-corrected chi connectivity index (χ2v) is 9.89. The monoisotopic (exact) mass is 566 g/mol. The van der Waals surface area contributed by atoms with Gasteiger partial charge in [0, 0.05) is 41.8 Å². The lowest BCUT2D eigenvalue weighted by atomic mass is 9.89. The summed E-state index contributed by atoms with van der Waals surface area (Å²) in [6.45, 7) is 2.90. The maximum atomic E-state index is 14.9. The first-order valence-electron chi connectivity index (χ1n) is 12.9. The van der Waals surface area contributed by atoms with E-state index in [9.17, 15) is 22.4 Å². The van der Waals surface area contributed by atoms with E-state index in [1.54, 1.807) is 24.3 Å². The van der Waals surface area contributed by atoms with Gasteiger partial charge in [-0.05, 0) is 67.8 Å². The first-order chi connectivity index (χ1) is 19.6. The third-order valence-electron chi connectivity index (χ3n) is 6.43. The van der Waals surface area contributed by atoms with Crippen LogP contribution in [0, 0.1) is 11.6 Å². The number of anilines is 1. The third-order valence-corrected chi connectivity index (χ3v) is 6.43. The predicted molar refractivity (Wildman–Crippen MR) is 144 cm³/mol. The van der Waals surface area contributed by atoms with E-state index in [-0.39, 0.29) is 29.7 Å². The Morgan fingerprint density at radius 3 is 2.41 bits per heavy atom. The number of amides is 1. The number of rotatable bonds is 7. The van der Waals surface area contributed by atoms with Gasteiger partial charge in [0.25, 0.3) is 11.8 Å². The maximum Gasteiger partial charge on any atom is 0.316 e. The SMILES string of the molecule is CC(C)Oc1ncc(C(=O)Nc2ccc(-c3c(-c4cc(F)ccc4F)ccnc3C3CCC(F)(F)CO3)cc2)cn1. The van der Waals surface area contributed by atoms with E-state index in [4.69, 9.17) is 9.47 Å². The topological polar surface area (TPSA) is 86.2 Å². The predicted octanol–water partition coefficient (Wildman–Crippen LogP) is 7.01. The summed E-state index contributed by atoms with van der Waals surface area (Å²) in [5, 5.41) is 2.75. The summed E-state index contributed by atoms with van der Waals surface area (Å²) in [5.74, 6) is -4.69. The number of nitrogens with one attached hydrogen (secondary N) is 1. The molecular weight excluding hydrogens is 540 g/mol. The largest absolute Gasteiger partial charge is 0.461 e. The molecule has 1 aliphatic rings. The number of halogens is 4. The molecule has 1 unspecified atom stereocenters. The molecule has 1 saturated heterocycles. The summed E-state index contributed by atoms with van der Waals surface area (Å²) in [7, 11) is 0. The van der Waals surface area contributed by atoms with Gasteiger partial charge in [0.1, 0.15) is 24.3 Å². The van der Waals surface area contributed by atoms with E-state index in [0.717, 1.165) is 18.2 Å². The highest BCUT2D eigenvalue weighted by Gasteiger charge is 2.38. The van der Waals surface area contributed by atoms with Crippen LogP contribution in [-0.2, 0) is 4.74 Å². The van der Waals surface area contributed by atoms with E-state index in [1.165, 1.54) is 24.7 Å². The number of hydrogen-bond acceptors (Lipinski definition) is 6. The van der Waals surface area contributed by atoms with Gasteiger partial charge in [0.05, 0.1) is 17.4 Å². The number of ether oxygens (including phenoxy) is 2. The van der Waals surface area contributed by atoms with Crippen LogP contribution in [0.25, 0.3) is 22.3 Å².